The average molecular weight is 333 g/mol. The van der Waals surface area contributed by atoms with Crippen LogP contribution in [0.15, 0.2) is 48.8 Å². The minimum Gasteiger partial charge on any atom is -0.341 e. The minimum atomic E-state index is 0.758. The largest absolute Gasteiger partial charge is 0.341 e. The molecular weight excluding hydrogens is 310 g/mol. The summed E-state index contributed by atoms with van der Waals surface area (Å²) in [5.74, 6) is 1.95. The van der Waals surface area contributed by atoms with E-state index in [9.17, 15) is 0 Å². The normalized spacial score (nSPS) is 14.7. The fourth-order valence-electron chi connectivity index (χ4n) is 3.54. The lowest BCUT2D eigenvalue weighted by Crippen LogP contribution is -2.31. The van der Waals surface area contributed by atoms with Crippen molar-refractivity contribution in [3.63, 3.8) is 0 Å². The van der Waals surface area contributed by atoms with Gasteiger partial charge in [0, 0.05) is 39.0 Å². The number of nitrogens with zero attached hydrogens (tertiary/aromatic N) is 5. The van der Waals surface area contributed by atoms with E-state index in [4.69, 9.17) is 0 Å². The summed E-state index contributed by atoms with van der Waals surface area (Å²) in [5, 5.41) is 8.91. The molecule has 0 N–H and O–H groups in total. The molecule has 1 aromatic carbocycles. The molecule has 0 atom stereocenters. The van der Waals surface area contributed by atoms with Gasteiger partial charge in [0.2, 0.25) is 5.95 Å². The minimum absolute atomic E-state index is 0.758. The third-order valence-electron chi connectivity index (χ3n) is 4.95. The van der Waals surface area contributed by atoms with Crippen molar-refractivity contribution in [3.8, 4) is 0 Å². The zero-order valence-corrected chi connectivity index (χ0v) is 14.6. The molecule has 1 aliphatic heterocycles. The molecule has 0 unspecified atom stereocenters. The van der Waals surface area contributed by atoms with E-state index in [0.29, 0.717) is 0 Å². The molecule has 0 amide bonds. The molecule has 5 nitrogen and oxygen atoms in total. The van der Waals surface area contributed by atoms with Crippen molar-refractivity contribution in [2.75, 3.05) is 18.0 Å². The van der Waals surface area contributed by atoms with Crippen LogP contribution in [0.1, 0.15) is 28.9 Å². The molecule has 3 heterocycles. The topological polar surface area (TPSA) is 46.8 Å². The maximum absolute atomic E-state index is 4.48. The maximum Gasteiger partial charge on any atom is 0.226 e. The molecule has 0 bridgehead atoms. The Morgan fingerprint density at radius 1 is 0.960 bits per heavy atom. The van der Waals surface area contributed by atoms with Crippen molar-refractivity contribution in [3.05, 3.63) is 71.3 Å². The van der Waals surface area contributed by atoms with Gasteiger partial charge in [0.1, 0.15) is 5.82 Å². The summed E-state index contributed by atoms with van der Waals surface area (Å²) < 4.78 is 2.13. The number of hydrogen-bond acceptors (Lipinski definition) is 4. The highest BCUT2D eigenvalue weighted by atomic mass is 15.4. The molecule has 128 valence electrons. The zero-order valence-electron chi connectivity index (χ0n) is 14.6. The third-order valence-corrected chi connectivity index (χ3v) is 4.95. The van der Waals surface area contributed by atoms with E-state index in [1.807, 2.05) is 12.3 Å². The van der Waals surface area contributed by atoms with Gasteiger partial charge in [-0.05, 0) is 42.0 Å². The van der Waals surface area contributed by atoms with Crippen molar-refractivity contribution < 1.29 is 0 Å². The van der Waals surface area contributed by atoms with Crippen molar-refractivity contribution in [1.29, 1.82) is 0 Å². The van der Waals surface area contributed by atoms with Crippen LogP contribution in [0, 0.1) is 0 Å². The Morgan fingerprint density at radius 3 is 2.60 bits per heavy atom. The first kappa shape index (κ1) is 15.8. The SMILES string of the molecule is Cn1c(Cc2cccnc2)nnc1N1CCCc2ccccc2CC1. The smallest absolute Gasteiger partial charge is 0.226 e. The van der Waals surface area contributed by atoms with E-state index in [-0.39, 0.29) is 0 Å². The maximum atomic E-state index is 4.48. The third kappa shape index (κ3) is 3.40. The van der Waals surface area contributed by atoms with E-state index in [2.05, 4.69) is 62.0 Å². The summed E-state index contributed by atoms with van der Waals surface area (Å²) in [6, 6.07) is 12.8. The Hall–Kier alpha value is -2.69. The molecule has 25 heavy (non-hydrogen) atoms. The number of hydrogen-bond donors (Lipinski definition) is 0. The van der Waals surface area contributed by atoms with Gasteiger partial charge in [-0.15, -0.1) is 10.2 Å². The van der Waals surface area contributed by atoms with Gasteiger partial charge in [-0.3, -0.25) is 4.98 Å². The second kappa shape index (κ2) is 7.05. The van der Waals surface area contributed by atoms with E-state index in [1.54, 1.807) is 6.20 Å². The lowest BCUT2D eigenvalue weighted by molar-refractivity contribution is 0.661. The molecule has 3 aromatic rings. The predicted molar refractivity (Wildman–Crippen MR) is 98.7 cm³/mol. The number of fused-ring (bicyclic) bond motifs is 1. The number of anilines is 1. The van der Waals surface area contributed by atoms with Gasteiger partial charge >= 0.3 is 0 Å². The van der Waals surface area contributed by atoms with E-state index in [0.717, 1.165) is 56.1 Å². The van der Waals surface area contributed by atoms with Crippen LogP contribution < -0.4 is 4.90 Å². The average Bonchev–Trinajstić information content (AvgIpc) is 2.98. The van der Waals surface area contributed by atoms with E-state index >= 15 is 0 Å². The van der Waals surface area contributed by atoms with Gasteiger partial charge in [0.15, 0.2) is 0 Å². The van der Waals surface area contributed by atoms with Crippen LogP contribution in [-0.4, -0.2) is 32.8 Å². The Morgan fingerprint density at radius 2 is 1.80 bits per heavy atom. The first-order valence-electron chi connectivity index (χ1n) is 8.90. The highest BCUT2D eigenvalue weighted by Gasteiger charge is 2.18. The van der Waals surface area contributed by atoms with Gasteiger partial charge < -0.3 is 9.47 Å². The lowest BCUT2D eigenvalue weighted by atomic mass is 9.98. The highest BCUT2D eigenvalue weighted by molar-refractivity contribution is 5.35. The van der Waals surface area contributed by atoms with Crippen LogP contribution in [-0.2, 0) is 26.3 Å². The van der Waals surface area contributed by atoms with Crippen molar-refractivity contribution >= 4 is 5.95 Å². The first-order chi connectivity index (χ1) is 12.3. The molecule has 1 aliphatic rings. The van der Waals surface area contributed by atoms with Gasteiger partial charge in [0.05, 0.1) is 0 Å². The van der Waals surface area contributed by atoms with Crippen LogP contribution in [0.4, 0.5) is 5.95 Å². The van der Waals surface area contributed by atoms with E-state index in [1.165, 1.54) is 11.1 Å². The van der Waals surface area contributed by atoms with Crippen LogP contribution in [0.5, 0.6) is 0 Å². The quantitative estimate of drug-likeness (QED) is 0.739. The number of benzene rings is 1. The molecule has 0 radical (unpaired) electrons. The predicted octanol–water partition coefficient (Wildman–Crippen LogP) is 2.80. The van der Waals surface area contributed by atoms with E-state index < -0.39 is 0 Å². The second-order valence-corrected chi connectivity index (χ2v) is 6.62. The summed E-state index contributed by atoms with van der Waals surface area (Å²) in [5.41, 5.74) is 4.12. The summed E-state index contributed by atoms with van der Waals surface area (Å²) in [6.45, 7) is 2.00. The monoisotopic (exact) mass is 333 g/mol. The standard InChI is InChI=1S/C20H23N5/c1-24-19(14-16-6-4-11-21-15-16)22-23-20(24)25-12-5-9-17-7-2-3-8-18(17)10-13-25/h2-4,6-8,11,15H,5,9-10,12-14H2,1H3. The summed E-state index contributed by atoms with van der Waals surface area (Å²) in [7, 11) is 2.06. The Balaban J connectivity index is 1.52. The van der Waals surface area contributed by atoms with Crippen molar-refractivity contribution in [1.82, 2.24) is 19.7 Å². The molecule has 4 rings (SSSR count). The van der Waals surface area contributed by atoms with Gasteiger partial charge in [-0.25, -0.2) is 0 Å². The molecule has 2 aromatic heterocycles. The molecule has 0 spiro atoms. The zero-order chi connectivity index (χ0) is 17.1. The number of aromatic nitrogens is 4. The lowest BCUT2D eigenvalue weighted by Gasteiger charge is -2.26. The van der Waals surface area contributed by atoms with Crippen LogP contribution in [0.25, 0.3) is 0 Å². The highest BCUT2D eigenvalue weighted by Crippen LogP contribution is 2.20. The van der Waals surface area contributed by atoms with Gasteiger partial charge in [-0.2, -0.15) is 0 Å². The number of aryl methyl sites for hydroxylation is 1. The molecule has 0 saturated heterocycles. The van der Waals surface area contributed by atoms with Crippen molar-refractivity contribution in [2.24, 2.45) is 7.05 Å². The fourth-order valence-corrected chi connectivity index (χ4v) is 3.54. The Labute approximate surface area is 148 Å². The van der Waals surface area contributed by atoms with Crippen LogP contribution in [0.3, 0.4) is 0 Å². The summed E-state index contributed by atoms with van der Waals surface area (Å²) >= 11 is 0. The summed E-state index contributed by atoms with van der Waals surface area (Å²) in [6.07, 6.45) is 7.77. The van der Waals surface area contributed by atoms with Crippen LogP contribution in [0.2, 0.25) is 0 Å². The van der Waals surface area contributed by atoms with Gasteiger partial charge in [-0.1, -0.05) is 30.3 Å². The Kier molecular flexibility index (Phi) is 4.46. The molecular formula is C20H23N5. The number of rotatable bonds is 3. The van der Waals surface area contributed by atoms with Gasteiger partial charge in [0.25, 0.3) is 0 Å². The number of pyridine rings is 1. The molecule has 0 saturated carbocycles. The second-order valence-electron chi connectivity index (χ2n) is 6.62. The Bertz CT molecular complexity index is 840. The molecule has 5 heteroatoms. The first-order valence-corrected chi connectivity index (χ1v) is 8.90. The fraction of sp³-hybridized carbons (Fsp3) is 0.350. The molecule has 0 aliphatic carbocycles. The summed E-state index contributed by atoms with van der Waals surface area (Å²) in [4.78, 5) is 6.55. The molecule has 0 fully saturated rings. The van der Waals surface area contributed by atoms with Crippen molar-refractivity contribution in [2.45, 2.75) is 25.7 Å². The van der Waals surface area contributed by atoms with Crippen LogP contribution >= 0.6 is 0 Å².